The fourth-order valence-corrected chi connectivity index (χ4v) is 1.31. The van der Waals surface area contributed by atoms with Crippen LogP contribution in [0.15, 0.2) is 0 Å². The molecule has 0 rings (SSSR count). The number of rotatable bonds is 6. The minimum Gasteiger partial charge on any atom is -0.379 e. The summed E-state index contributed by atoms with van der Waals surface area (Å²) in [5, 5.41) is 0. The smallest absolute Gasteiger partial charge is 0.0518 e. The van der Waals surface area contributed by atoms with Crippen LogP contribution in [-0.4, -0.2) is 18.5 Å². The molecule has 0 saturated carbocycles. The number of thiol groups is 1. The van der Waals surface area contributed by atoms with E-state index < -0.39 is 0 Å². The quantitative estimate of drug-likeness (QED) is 0.612. The van der Waals surface area contributed by atoms with Crippen LogP contribution in [0.3, 0.4) is 0 Å². The van der Waals surface area contributed by atoms with Crippen molar-refractivity contribution in [2.75, 3.05) is 12.4 Å². The summed E-state index contributed by atoms with van der Waals surface area (Å²) in [4.78, 5) is 0. The van der Waals surface area contributed by atoms with Crippen LogP contribution in [0.2, 0.25) is 0 Å². The molecule has 0 fully saturated rings. The maximum atomic E-state index is 5.43. The Morgan fingerprint density at radius 1 is 1.18 bits per heavy atom. The Bertz CT molecular complexity index is 83.6. The lowest BCUT2D eigenvalue weighted by atomic mass is 10.1. The lowest BCUT2D eigenvalue weighted by Gasteiger charge is -2.11. The van der Waals surface area contributed by atoms with Crippen LogP contribution in [0.25, 0.3) is 0 Å². The van der Waals surface area contributed by atoms with Gasteiger partial charge in [-0.2, -0.15) is 12.6 Å². The largest absolute Gasteiger partial charge is 0.379 e. The van der Waals surface area contributed by atoms with Gasteiger partial charge in [-0.3, -0.25) is 0 Å². The molecule has 0 N–H and O–H groups in total. The normalized spacial score (nSPS) is 13.9. The molecule has 0 heterocycles. The summed E-state index contributed by atoms with van der Waals surface area (Å²) in [7, 11) is 0. The molecule has 0 bridgehead atoms. The zero-order valence-corrected chi connectivity index (χ0v) is 8.73. The lowest BCUT2D eigenvalue weighted by Crippen LogP contribution is -2.07. The predicted octanol–water partition coefficient (Wildman–Crippen LogP) is 2.76. The van der Waals surface area contributed by atoms with Crippen molar-refractivity contribution in [2.45, 2.75) is 39.7 Å². The first-order valence-corrected chi connectivity index (χ1v) is 5.02. The van der Waals surface area contributed by atoms with E-state index in [4.69, 9.17) is 4.74 Å². The molecule has 2 heteroatoms. The van der Waals surface area contributed by atoms with Crippen LogP contribution in [0.5, 0.6) is 0 Å². The van der Waals surface area contributed by atoms with Gasteiger partial charge in [0.15, 0.2) is 0 Å². The fourth-order valence-electron chi connectivity index (χ4n) is 0.870. The summed E-state index contributed by atoms with van der Waals surface area (Å²) < 4.78 is 5.43. The molecule has 0 aliphatic carbocycles. The Morgan fingerprint density at radius 2 is 1.82 bits per heavy atom. The second-order valence-electron chi connectivity index (χ2n) is 3.33. The maximum absolute atomic E-state index is 5.43. The van der Waals surface area contributed by atoms with Crippen LogP contribution < -0.4 is 0 Å². The predicted molar refractivity (Wildman–Crippen MR) is 53.3 cm³/mol. The zero-order chi connectivity index (χ0) is 8.69. The molecule has 68 valence electrons. The van der Waals surface area contributed by atoms with Crippen molar-refractivity contribution in [3.05, 3.63) is 0 Å². The van der Waals surface area contributed by atoms with E-state index in [0.717, 1.165) is 18.3 Å². The number of ether oxygens (including phenoxy) is 1. The van der Waals surface area contributed by atoms with Crippen LogP contribution >= 0.6 is 12.6 Å². The highest BCUT2D eigenvalue weighted by molar-refractivity contribution is 7.80. The van der Waals surface area contributed by atoms with Crippen molar-refractivity contribution in [3.63, 3.8) is 0 Å². The molecular formula is C9H20OS. The Balaban J connectivity index is 3.10. The van der Waals surface area contributed by atoms with Crippen molar-refractivity contribution in [3.8, 4) is 0 Å². The second-order valence-corrected chi connectivity index (χ2v) is 3.77. The molecule has 1 atom stereocenters. The van der Waals surface area contributed by atoms with E-state index in [1.165, 1.54) is 12.8 Å². The minimum atomic E-state index is 0.373. The molecule has 0 spiro atoms. The standard InChI is InChI=1S/C9H20OS/c1-8(2)10-6-4-9(3)5-7-11/h8-9,11H,4-7H2,1-3H3. The van der Waals surface area contributed by atoms with Gasteiger partial charge in [-0.25, -0.2) is 0 Å². The van der Waals surface area contributed by atoms with E-state index in [1.807, 2.05) is 0 Å². The van der Waals surface area contributed by atoms with E-state index in [0.29, 0.717) is 6.10 Å². The summed E-state index contributed by atoms with van der Waals surface area (Å²) in [6, 6.07) is 0. The first kappa shape index (κ1) is 11.3. The summed E-state index contributed by atoms with van der Waals surface area (Å²) in [5.74, 6) is 1.74. The third-order valence-electron chi connectivity index (χ3n) is 1.68. The van der Waals surface area contributed by atoms with Crippen LogP contribution in [0.1, 0.15) is 33.6 Å². The Kier molecular flexibility index (Phi) is 7.18. The van der Waals surface area contributed by atoms with Gasteiger partial charge in [-0.15, -0.1) is 0 Å². The van der Waals surface area contributed by atoms with Crippen molar-refractivity contribution in [1.29, 1.82) is 0 Å². The van der Waals surface area contributed by atoms with Crippen molar-refractivity contribution >= 4 is 12.6 Å². The summed E-state index contributed by atoms with van der Waals surface area (Å²) in [6.45, 7) is 7.29. The highest BCUT2D eigenvalue weighted by atomic mass is 32.1. The van der Waals surface area contributed by atoms with E-state index >= 15 is 0 Å². The zero-order valence-electron chi connectivity index (χ0n) is 7.84. The van der Waals surface area contributed by atoms with Gasteiger partial charge in [0.2, 0.25) is 0 Å². The molecule has 0 amide bonds. The molecule has 0 aliphatic heterocycles. The van der Waals surface area contributed by atoms with Gasteiger partial charge in [0.05, 0.1) is 6.10 Å². The van der Waals surface area contributed by atoms with Crippen molar-refractivity contribution < 1.29 is 4.74 Å². The van der Waals surface area contributed by atoms with Gasteiger partial charge >= 0.3 is 0 Å². The van der Waals surface area contributed by atoms with Gasteiger partial charge < -0.3 is 4.74 Å². The van der Waals surface area contributed by atoms with E-state index in [1.54, 1.807) is 0 Å². The number of hydrogen-bond acceptors (Lipinski definition) is 2. The second kappa shape index (κ2) is 6.99. The third kappa shape index (κ3) is 8.21. The SMILES string of the molecule is CC(CCS)CCOC(C)C. The fraction of sp³-hybridized carbons (Fsp3) is 1.00. The van der Waals surface area contributed by atoms with Crippen molar-refractivity contribution in [1.82, 2.24) is 0 Å². The molecule has 1 unspecified atom stereocenters. The lowest BCUT2D eigenvalue weighted by molar-refractivity contribution is 0.0695. The molecule has 1 nitrogen and oxygen atoms in total. The van der Waals surface area contributed by atoms with Gasteiger partial charge in [-0.05, 0) is 38.4 Å². The van der Waals surface area contributed by atoms with Gasteiger partial charge in [0.25, 0.3) is 0 Å². The molecular weight excluding hydrogens is 156 g/mol. The van der Waals surface area contributed by atoms with Crippen LogP contribution in [-0.2, 0) is 4.74 Å². The van der Waals surface area contributed by atoms with Gasteiger partial charge in [0.1, 0.15) is 0 Å². The average Bonchev–Trinajstić information content (AvgIpc) is 1.87. The summed E-state index contributed by atoms with van der Waals surface area (Å²) >= 11 is 4.18. The summed E-state index contributed by atoms with van der Waals surface area (Å²) in [5.41, 5.74) is 0. The molecule has 0 aromatic heterocycles. The van der Waals surface area contributed by atoms with Crippen molar-refractivity contribution in [2.24, 2.45) is 5.92 Å². The molecule has 0 aromatic carbocycles. The average molecular weight is 176 g/mol. The molecule has 0 saturated heterocycles. The molecule has 0 aliphatic rings. The molecule has 0 aromatic rings. The summed E-state index contributed by atoms with van der Waals surface area (Å²) in [6.07, 6.45) is 2.74. The first-order valence-electron chi connectivity index (χ1n) is 4.39. The van der Waals surface area contributed by atoms with E-state index in [-0.39, 0.29) is 0 Å². The maximum Gasteiger partial charge on any atom is 0.0518 e. The minimum absolute atomic E-state index is 0.373. The first-order chi connectivity index (χ1) is 5.16. The third-order valence-corrected chi connectivity index (χ3v) is 1.94. The Morgan fingerprint density at radius 3 is 2.27 bits per heavy atom. The monoisotopic (exact) mass is 176 g/mol. The highest BCUT2D eigenvalue weighted by Gasteiger charge is 2.00. The van der Waals surface area contributed by atoms with E-state index in [2.05, 4.69) is 33.4 Å². The van der Waals surface area contributed by atoms with Crippen LogP contribution in [0.4, 0.5) is 0 Å². The molecule has 0 radical (unpaired) electrons. The Hall–Kier alpha value is 0.310. The van der Waals surface area contributed by atoms with Crippen LogP contribution in [0, 0.1) is 5.92 Å². The molecule has 11 heavy (non-hydrogen) atoms. The highest BCUT2D eigenvalue weighted by Crippen LogP contribution is 2.08. The number of hydrogen-bond donors (Lipinski definition) is 1. The van der Waals surface area contributed by atoms with Gasteiger partial charge in [-0.1, -0.05) is 6.92 Å². The van der Waals surface area contributed by atoms with E-state index in [9.17, 15) is 0 Å². The topological polar surface area (TPSA) is 9.23 Å². The Labute approximate surface area is 75.9 Å². The van der Waals surface area contributed by atoms with Gasteiger partial charge in [0, 0.05) is 6.61 Å².